The minimum absolute atomic E-state index is 0.151. The molecule has 1 aliphatic heterocycles. The van der Waals surface area contributed by atoms with Gasteiger partial charge in [0.2, 0.25) is 0 Å². The summed E-state index contributed by atoms with van der Waals surface area (Å²) in [6.45, 7) is 0.894. The molecule has 2 aromatic carbocycles. The fourth-order valence-electron chi connectivity index (χ4n) is 2.75. The van der Waals surface area contributed by atoms with Crippen LogP contribution in [0.25, 0.3) is 0 Å². The number of rotatable bonds is 3. The summed E-state index contributed by atoms with van der Waals surface area (Å²) in [5.74, 6) is -0.623. The van der Waals surface area contributed by atoms with E-state index in [1.165, 1.54) is 25.3 Å². The lowest BCUT2D eigenvalue weighted by atomic mass is 9.99. The number of nitrogens with zero attached hydrogens (tertiary/aromatic N) is 1. The van der Waals surface area contributed by atoms with Crippen LogP contribution in [0.5, 0.6) is 0 Å². The van der Waals surface area contributed by atoms with Crippen LogP contribution in [0, 0.1) is 5.82 Å². The number of halogens is 1. The maximum Gasteiger partial charge on any atom is 0.409 e. The van der Waals surface area contributed by atoms with E-state index >= 15 is 0 Å². The minimum Gasteiger partial charge on any atom is -0.453 e. The number of hydrogen-bond acceptors (Lipinski definition) is 4. The molecule has 3 rings (SSSR count). The highest BCUT2D eigenvalue weighted by Crippen LogP contribution is 2.25. The number of nitrogens with one attached hydrogen (secondary N) is 1. The SMILES string of the molecule is COC(=O)N1CCc2ccc(NS(=O)(=O)c3cccc(F)c3)cc2C1. The van der Waals surface area contributed by atoms with E-state index in [1.807, 2.05) is 6.07 Å². The Bertz CT molecular complexity index is 915. The highest BCUT2D eigenvalue weighted by atomic mass is 32.2. The lowest BCUT2D eigenvalue weighted by molar-refractivity contribution is 0.118. The van der Waals surface area contributed by atoms with Gasteiger partial charge in [-0.05, 0) is 47.9 Å². The monoisotopic (exact) mass is 364 g/mol. The van der Waals surface area contributed by atoms with Gasteiger partial charge in [0.15, 0.2) is 0 Å². The van der Waals surface area contributed by atoms with Crippen LogP contribution in [0.3, 0.4) is 0 Å². The van der Waals surface area contributed by atoms with Gasteiger partial charge in [-0.1, -0.05) is 12.1 Å². The number of fused-ring (bicyclic) bond motifs is 1. The second-order valence-corrected chi connectivity index (χ2v) is 7.37. The van der Waals surface area contributed by atoms with Crippen molar-refractivity contribution in [1.29, 1.82) is 0 Å². The van der Waals surface area contributed by atoms with E-state index in [9.17, 15) is 17.6 Å². The molecule has 0 radical (unpaired) electrons. The maximum atomic E-state index is 13.3. The Morgan fingerprint density at radius 1 is 1.20 bits per heavy atom. The molecule has 6 nitrogen and oxygen atoms in total. The van der Waals surface area contributed by atoms with Gasteiger partial charge in [-0.3, -0.25) is 4.72 Å². The molecule has 1 heterocycles. The van der Waals surface area contributed by atoms with Crippen molar-refractivity contribution >= 4 is 21.8 Å². The van der Waals surface area contributed by atoms with E-state index in [-0.39, 0.29) is 4.90 Å². The summed E-state index contributed by atoms with van der Waals surface area (Å²) in [6.07, 6.45) is 0.248. The molecule has 132 valence electrons. The molecule has 0 fully saturated rings. The number of amides is 1. The zero-order chi connectivity index (χ0) is 18.0. The van der Waals surface area contributed by atoms with Gasteiger partial charge < -0.3 is 9.64 Å². The molecular weight excluding hydrogens is 347 g/mol. The Morgan fingerprint density at radius 3 is 2.72 bits per heavy atom. The van der Waals surface area contributed by atoms with Gasteiger partial charge >= 0.3 is 6.09 Å². The van der Waals surface area contributed by atoms with Crippen molar-refractivity contribution in [2.75, 3.05) is 18.4 Å². The summed E-state index contributed by atoms with van der Waals surface area (Å²) in [5, 5.41) is 0. The summed E-state index contributed by atoms with van der Waals surface area (Å²) in [5.41, 5.74) is 2.25. The summed E-state index contributed by atoms with van der Waals surface area (Å²) >= 11 is 0. The molecule has 25 heavy (non-hydrogen) atoms. The van der Waals surface area contributed by atoms with Crippen LogP contribution >= 0.6 is 0 Å². The van der Waals surface area contributed by atoms with Crippen LogP contribution < -0.4 is 4.72 Å². The minimum atomic E-state index is -3.89. The first kappa shape index (κ1) is 17.2. The number of methoxy groups -OCH3 is 1. The average molecular weight is 364 g/mol. The largest absolute Gasteiger partial charge is 0.453 e. The Morgan fingerprint density at radius 2 is 2.00 bits per heavy atom. The van der Waals surface area contributed by atoms with E-state index in [0.29, 0.717) is 25.2 Å². The summed E-state index contributed by atoms with van der Waals surface area (Å²) in [6, 6.07) is 9.96. The first-order chi connectivity index (χ1) is 11.9. The normalized spacial score (nSPS) is 13.9. The molecule has 0 spiro atoms. The second-order valence-electron chi connectivity index (χ2n) is 5.69. The number of sulfonamides is 1. The van der Waals surface area contributed by atoms with Crippen molar-refractivity contribution in [3.63, 3.8) is 0 Å². The fraction of sp³-hybridized carbons (Fsp3) is 0.235. The van der Waals surface area contributed by atoms with Gasteiger partial charge in [0.25, 0.3) is 10.0 Å². The van der Waals surface area contributed by atoms with Crippen LogP contribution in [-0.4, -0.2) is 33.1 Å². The highest BCUT2D eigenvalue weighted by Gasteiger charge is 2.22. The predicted octanol–water partition coefficient (Wildman–Crippen LogP) is 2.75. The van der Waals surface area contributed by atoms with Crippen molar-refractivity contribution in [3.05, 3.63) is 59.4 Å². The molecule has 0 bridgehead atoms. The first-order valence-corrected chi connectivity index (χ1v) is 9.10. The zero-order valence-electron chi connectivity index (χ0n) is 13.5. The fourth-order valence-corrected chi connectivity index (χ4v) is 3.83. The Balaban J connectivity index is 1.84. The molecule has 0 unspecified atom stereocenters. The van der Waals surface area contributed by atoms with Crippen molar-refractivity contribution in [2.45, 2.75) is 17.9 Å². The van der Waals surface area contributed by atoms with E-state index in [4.69, 9.17) is 4.74 Å². The molecule has 0 saturated carbocycles. The third-order valence-corrected chi connectivity index (χ3v) is 5.39. The van der Waals surface area contributed by atoms with E-state index in [2.05, 4.69) is 4.72 Å². The van der Waals surface area contributed by atoms with Gasteiger partial charge in [0.1, 0.15) is 5.82 Å². The van der Waals surface area contributed by atoms with Gasteiger partial charge in [0, 0.05) is 18.8 Å². The van der Waals surface area contributed by atoms with Crippen molar-refractivity contribution < 1.29 is 22.3 Å². The molecule has 1 amide bonds. The van der Waals surface area contributed by atoms with Crippen LogP contribution in [0.15, 0.2) is 47.4 Å². The van der Waals surface area contributed by atoms with Crippen LogP contribution in [0.2, 0.25) is 0 Å². The van der Waals surface area contributed by atoms with E-state index in [1.54, 1.807) is 17.0 Å². The molecule has 8 heteroatoms. The van der Waals surface area contributed by atoms with Gasteiger partial charge in [0.05, 0.1) is 12.0 Å². The Kier molecular flexibility index (Phi) is 4.63. The Hall–Kier alpha value is -2.61. The first-order valence-electron chi connectivity index (χ1n) is 7.62. The summed E-state index contributed by atoms with van der Waals surface area (Å²) < 4.78 is 45.2. The number of carbonyl (C=O) groups is 1. The average Bonchev–Trinajstić information content (AvgIpc) is 2.60. The molecule has 1 N–H and O–H groups in total. The van der Waals surface area contributed by atoms with Crippen molar-refractivity contribution in [3.8, 4) is 0 Å². The molecule has 0 aliphatic carbocycles. The standard InChI is InChI=1S/C17H17FN2O4S/c1-24-17(21)20-8-7-12-5-6-15(9-13(12)11-20)19-25(22,23)16-4-2-3-14(18)10-16/h2-6,9-10,19H,7-8,11H2,1H3. The number of carbonyl (C=O) groups excluding carboxylic acids is 1. The van der Waals surface area contributed by atoms with Crippen molar-refractivity contribution in [1.82, 2.24) is 4.90 Å². The number of ether oxygens (including phenoxy) is 1. The molecule has 1 aliphatic rings. The predicted molar refractivity (Wildman–Crippen MR) is 90.2 cm³/mol. The lowest BCUT2D eigenvalue weighted by Crippen LogP contribution is -2.35. The Labute approximate surface area is 145 Å². The molecule has 2 aromatic rings. The van der Waals surface area contributed by atoms with Crippen LogP contribution in [-0.2, 0) is 27.7 Å². The maximum absolute atomic E-state index is 13.3. The number of benzene rings is 2. The lowest BCUT2D eigenvalue weighted by Gasteiger charge is -2.28. The molecule has 0 saturated heterocycles. The third-order valence-electron chi connectivity index (χ3n) is 4.01. The molecule has 0 atom stereocenters. The van der Waals surface area contributed by atoms with Gasteiger partial charge in [-0.2, -0.15) is 0 Å². The van der Waals surface area contributed by atoms with E-state index in [0.717, 1.165) is 17.2 Å². The summed E-state index contributed by atoms with van der Waals surface area (Å²) in [7, 11) is -2.57. The highest BCUT2D eigenvalue weighted by molar-refractivity contribution is 7.92. The van der Waals surface area contributed by atoms with Crippen LogP contribution in [0.1, 0.15) is 11.1 Å². The summed E-state index contributed by atoms with van der Waals surface area (Å²) in [4.78, 5) is 13.1. The smallest absolute Gasteiger partial charge is 0.409 e. The van der Waals surface area contributed by atoms with Crippen LogP contribution in [0.4, 0.5) is 14.9 Å². The molecular formula is C17H17FN2O4S. The third kappa shape index (κ3) is 3.74. The van der Waals surface area contributed by atoms with E-state index < -0.39 is 21.9 Å². The van der Waals surface area contributed by atoms with Crippen molar-refractivity contribution in [2.24, 2.45) is 0 Å². The van der Waals surface area contributed by atoms with Gasteiger partial charge in [-0.15, -0.1) is 0 Å². The second kappa shape index (κ2) is 6.72. The zero-order valence-corrected chi connectivity index (χ0v) is 14.3. The number of hydrogen-bond donors (Lipinski definition) is 1. The quantitative estimate of drug-likeness (QED) is 0.909. The molecule has 0 aromatic heterocycles. The van der Waals surface area contributed by atoms with Gasteiger partial charge in [-0.25, -0.2) is 17.6 Å². The topological polar surface area (TPSA) is 75.7 Å². The number of anilines is 1.